The molecule has 0 saturated heterocycles. The van der Waals surface area contributed by atoms with Gasteiger partial charge in [-0.05, 0) is 37.5 Å². The highest BCUT2D eigenvalue weighted by molar-refractivity contribution is 9.10. The highest BCUT2D eigenvalue weighted by Crippen LogP contribution is 2.55. The minimum atomic E-state index is -0.277. The van der Waals surface area contributed by atoms with E-state index in [2.05, 4.69) is 31.9 Å². The summed E-state index contributed by atoms with van der Waals surface area (Å²) in [5.74, 6) is 0.113. The second-order valence-corrected chi connectivity index (χ2v) is 8.05. The number of hydrogen-bond donors (Lipinski definition) is 0. The van der Waals surface area contributed by atoms with Crippen molar-refractivity contribution in [3.63, 3.8) is 0 Å². The zero-order chi connectivity index (χ0) is 14.2. The van der Waals surface area contributed by atoms with E-state index in [-0.39, 0.29) is 17.3 Å². The van der Waals surface area contributed by atoms with Crippen molar-refractivity contribution in [3.8, 4) is 5.75 Å². The SMILES string of the molecule is Fc1cc(Br)ccc1OC1CC(Br)C12CCCCCC2. The lowest BCUT2D eigenvalue weighted by Gasteiger charge is -2.53. The molecule has 0 bridgehead atoms. The molecule has 0 N–H and O–H groups in total. The number of alkyl halides is 1. The molecule has 1 nitrogen and oxygen atoms in total. The number of ether oxygens (including phenoxy) is 1. The number of benzene rings is 1. The predicted molar refractivity (Wildman–Crippen MR) is 86.0 cm³/mol. The van der Waals surface area contributed by atoms with E-state index in [0.717, 1.165) is 10.9 Å². The van der Waals surface area contributed by atoms with Crippen molar-refractivity contribution >= 4 is 31.9 Å². The maximum atomic E-state index is 13.9. The van der Waals surface area contributed by atoms with E-state index in [0.29, 0.717) is 10.6 Å². The molecule has 2 unspecified atom stereocenters. The fourth-order valence-electron chi connectivity index (χ4n) is 3.61. The van der Waals surface area contributed by atoms with Gasteiger partial charge in [-0.2, -0.15) is 0 Å². The summed E-state index contributed by atoms with van der Waals surface area (Å²) in [7, 11) is 0. The molecule has 110 valence electrons. The fraction of sp³-hybridized carbons (Fsp3) is 0.625. The zero-order valence-electron chi connectivity index (χ0n) is 11.4. The van der Waals surface area contributed by atoms with E-state index < -0.39 is 0 Å². The first kappa shape index (κ1) is 14.8. The van der Waals surface area contributed by atoms with Gasteiger partial charge >= 0.3 is 0 Å². The average Bonchev–Trinajstić information content (AvgIpc) is 2.69. The first-order chi connectivity index (χ1) is 9.62. The Labute approximate surface area is 136 Å². The molecule has 20 heavy (non-hydrogen) atoms. The second kappa shape index (κ2) is 5.96. The van der Waals surface area contributed by atoms with Gasteiger partial charge < -0.3 is 4.74 Å². The van der Waals surface area contributed by atoms with Crippen LogP contribution in [0, 0.1) is 11.2 Å². The molecule has 1 spiro atoms. The molecule has 2 saturated carbocycles. The van der Waals surface area contributed by atoms with Gasteiger partial charge in [-0.25, -0.2) is 4.39 Å². The van der Waals surface area contributed by atoms with Crippen LogP contribution < -0.4 is 4.74 Å². The molecule has 1 aromatic rings. The Morgan fingerprint density at radius 3 is 2.45 bits per heavy atom. The van der Waals surface area contributed by atoms with Gasteiger partial charge in [0.05, 0.1) is 0 Å². The average molecular weight is 406 g/mol. The molecular weight excluding hydrogens is 387 g/mol. The van der Waals surface area contributed by atoms with Crippen LogP contribution >= 0.6 is 31.9 Å². The van der Waals surface area contributed by atoms with Crippen LogP contribution in [0.4, 0.5) is 4.39 Å². The first-order valence-corrected chi connectivity index (χ1v) is 9.08. The minimum Gasteiger partial charge on any atom is -0.487 e. The quantitative estimate of drug-likeness (QED) is 0.561. The molecular formula is C16H19Br2FO. The Morgan fingerprint density at radius 1 is 1.15 bits per heavy atom. The van der Waals surface area contributed by atoms with Crippen molar-refractivity contribution in [1.82, 2.24) is 0 Å². The monoisotopic (exact) mass is 404 g/mol. The van der Waals surface area contributed by atoms with Crippen LogP contribution in [0.1, 0.15) is 44.9 Å². The molecule has 4 heteroatoms. The number of rotatable bonds is 2. The maximum absolute atomic E-state index is 13.9. The van der Waals surface area contributed by atoms with Crippen molar-refractivity contribution in [3.05, 3.63) is 28.5 Å². The summed E-state index contributed by atoms with van der Waals surface area (Å²) >= 11 is 7.10. The molecule has 0 radical (unpaired) electrons. The lowest BCUT2D eigenvalue weighted by Crippen LogP contribution is -2.56. The molecule has 2 aliphatic carbocycles. The van der Waals surface area contributed by atoms with Crippen LogP contribution in [0.25, 0.3) is 0 Å². The van der Waals surface area contributed by atoms with Crippen molar-refractivity contribution in [2.24, 2.45) is 5.41 Å². The topological polar surface area (TPSA) is 9.23 Å². The van der Waals surface area contributed by atoms with Gasteiger partial charge in [0.1, 0.15) is 6.10 Å². The van der Waals surface area contributed by atoms with Gasteiger partial charge in [-0.15, -0.1) is 0 Å². The van der Waals surface area contributed by atoms with E-state index in [1.165, 1.54) is 44.6 Å². The lowest BCUT2D eigenvalue weighted by atomic mass is 9.61. The molecule has 1 aromatic carbocycles. The first-order valence-electron chi connectivity index (χ1n) is 7.37. The Morgan fingerprint density at radius 2 is 1.85 bits per heavy atom. The Hall–Kier alpha value is -0.0900. The van der Waals surface area contributed by atoms with Crippen LogP contribution in [-0.2, 0) is 0 Å². The number of hydrogen-bond acceptors (Lipinski definition) is 1. The lowest BCUT2D eigenvalue weighted by molar-refractivity contribution is -0.0480. The van der Waals surface area contributed by atoms with Crippen molar-refractivity contribution < 1.29 is 9.13 Å². The summed E-state index contributed by atoms with van der Waals surface area (Å²) in [4.78, 5) is 0.525. The van der Waals surface area contributed by atoms with Crippen LogP contribution in [-0.4, -0.2) is 10.9 Å². The summed E-state index contributed by atoms with van der Waals surface area (Å²) in [6.07, 6.45) is 8.71. The van der Waals surface area contributed by atoms with Crippen LogP contribution in [0.2, 0.25) is 0 Å². The molecule has 2 aliphatic rings. The minimum absolute atomic E-state index is 0.153. The van der Waals surface area contributed by atoms with Gasteiger partial charge in [0.15, 0.2) is 11.6 Å². The van der Waals surface area contributed by atoms with Crippen LogP contribution in [0.3, 0.4) is 0 Å². The second-order valence-electron chi connectivity index (χ2n) is 6.03. The van der Waals surface area contributed by atoms with Gasteiger partial charge in [0, 0.05) is 14.7 Å². The highest BCUT2D eigenvalue weighted by Gasteiger charge is 2.55. The highest BCUT2D eigenvalue weighted by atomic mass is 79.9. The third-order valence-electron chi connectivity index (χ3n) is 4.88. The summed E-state index contributed by atoms with van der Waals surface area (Å²) in [5.41, 5.74) is 0.218. The Bertz CT molecular complexity index is 483. The molecule has 3 rings (SSSR count). The van der Waals surface area contributed by atoms with Crippen LogP contribution in [0.15, 0.2) is 22.7 Å². The third kappa shape index (κ3) is 2.66. The Balaban J connectivity index is 1.76. The van der Waals surface area contributed by atoms with Crippen molar-refractivity contribution in [2.45, 2.75) is 55.9 Å². The molecule has 0 heterocycles. The summed E-state index contributed by atoms with van der Waals surface area (Å²) < 4.78 is 20.7. The standard InChI is InChI=1S/C16H19Br2FO/c17-11-5-6-13(12(19)9-11)20-15-10-14(18)16(15)7-3-1-2-4-8-16/h5-6,9,14-15H,1-4,7-8,10H2. The van der Waals surface area contributed by atoms with E-state index in [1.54, 1.807) is 6.07 Å². The van der Waals surface area contributed by atoms with E-state index >= 15 is 0 Å². The smallest absolute Gasteiger partial charge is 0.166 e. The van der Waals surface area contributed by atoms with Gasteiger partial charge in [0.25, 0.3) is 0 Å². The number of halogens is 3. The molecule has 0 amide bonds. The zero-order valence-corrected chi connectivity index (χ0v) is 14.6. The maximum Gasteiger partial charge on any atom is 0.166 e. The van der Waals surface area contributed by atoms with Crippen molar-refractivity contribution in [2.75, 3.05) is 0 Å². The van der Waals surface area contributed by atoms with Gasteiger partial charge in [0.2, 0.25) is 0 Å². The van der Waals surface area contributed by atoms with Gasteiger partial charge in [-0.1, -0.05) is 57.5 Å². The van der Waals surface area contributed by atoms with E-state index in [1.807, 2.05) is 6.07 Å². The summed E-state index contributed by atoms with van der Waals surface area (Å²) in [5, 5.41) is 0. The molecule has 2 fully saturated rings. The Kier molecular flexibility index (Phi) is 4.42. The van der Waals surface area contributed by atoms with Gasteiger partial charge in [-0.3, -0.25) is 0 Å². The summed E-state index contributed by atoms with van der Waals surface area (Å²) in [6.45, 7) is 0. The predicted octanol–water partition coefficient (Wildman–Crippen LogP) is 5.84. The normalized spacial score (nSPS) is 28.8. The van der Waals surface area contributed by atoms with Crippen LogP contribution in [0.5, 0.6) is 5.75 Å². The fourth-order valence-corrected chi connectivity index (χ4v) is 5.04. The molecule has 2 atom stereocenters. The van der Waals surface area contributed by atoms with Crippen molar-refractivity contribution in [1.29, 1.82) is 0 Å². The summed E-state index contributed by atoms with van der Waals surface area (Å²) in [6, 6.07) is 5.03. The largest absolute Gasteiger partial charge is 0.487 e. The third-order valence-corrected chi connectivity index (χ3v) is 6.66. The van der Waals surface area contributed by atoms with E-state index in [9.17, 15) is 4.39 Å². The van der Waals surface area contributed by atoms with E-state index in [4.69, 9.17) is 4.74 Å². The molecule has 0 aromatic heterocycles. The molecule has 0 aliphatic heterocycles.